The van der Waals surface area contributed by atoms with Gasteiger partial charge in [0.15, 0.2) is 0 Å². The molecular formula is C11H12BrFN4. The standard InChI is InChI=1S/C11H12BrFN4/c1-7(14-5-11-15-6-16-17-11)9-3-2-8(12)4-10(9)13/h2-4,6-7,14H,5H2,1H3,(H,15,16,17). The van der Waals surface area contributed by atoms with Crippen molar-refractivity contribution in [3.05, 3.63) is 46.2 Å². The minimum absolute atomic E-state index is 0.0896. The predicted molar refractivity (Wildman–Crippen MR) is 65.7 cm³/mol. The van der Waals surface area contributed by atoms with E-state index in [4.69, 9.17) is 0 Å². The van der Waals surface area contributed by atoms with E-state index in [0.29, 0.717) is 12.1 Å². The summed E-state index contributed by atoms with van der Waals surface area (Å²) in [6.07, 6.45) is 1.45. The summed E-state index contributed by atoms with van der Waals surface area (Å²) in [6.45, 7) is 2.43. The van der Waals surface area contributed by atoms with Gasteiger partial charge in [0.1, 0.15) is 18.0 Å². The van der Waals surface area contributed by atoms with Crippen LogP contribution < -0.4 is 5.32 Å². The number of H-pyrrole nitrogens is 1. The minimum Gasteiger partial charge on any atom is -0.303 e. The third-order valence-electron chi connectivity index (χ3n) is 2.47. The zero-order valence-corrected chi connectivity index (χ0v) is 10.8. The highest BCUT2D eigenvalue weighted by Gasteiger charge is 2.11. The van der Waals surface area contributed by atoms with Crippen molar-refractivity contribution in [2.45, 2.75) is 19.5 Å². The molecule has 2 aromatic rings. The molecule has 0 amide bonds. The molecule has 0 spiro atoms. The number of hydrogen-bond acceptors (Lipinski definition) is 3. The van der Waals surface area contributed by atoms with E-state index in [1.807, 2.05) is 13.0 Å². The van der Waals surface area contributed by atoms with Crippen molar-refractivity contribution in [3.63, 3.8) is 0 Å². The summed E-state index contributed by atoms with van der Waals surface area (Å²) in [5, 5.41) is 9.66. The molecule has 2 rings (SSSR count). The van der Waals surface area contributed by atoms with Gasteiger partial charge in [0, 0.05) is 16.1 Å². The van der Waals surface area contributed by atoms with E-state index in [2.05, 4.69) is 36.4 Å². The van der Waals surface area contributed by atoms with Crippen LogP contribution in [0.5, 0.6) is 0 Å². The van der Waals surface area contributed by atoms with Crippen LogP contribution in [-0.2, 0) is 6.54 Å². The first kappa shape index (κ1) is 12.2. The molecule has 0 radical (unpaired) electrons. The number of halogens is 2. The Kier molecular flexibility index (Phi) is 3.86. The van der Waals surface area contributed by atoms with Gasteiger partial charge in [-0.25, -0.2) is 9.37 Å². The topological polar surface area (TPSA) is 53.6 Å². The quantitative estimate of drug-likeness (QED) is 0.912. The number of aromatic amines is 1. The summed E-state index contributed by atoms with van der Waals surface area (Å²) in [6, 6.07) is 4.96. The van der Waals surface area contributed by atoms with Crippen molar-refractivity contribution in [2.75, 3.05) is 0 Å². The van der Waals surface area contributed by atoms with Crippen LogP contribution in [-0.4, -0.2) is 15.2 Å². The lowest BCUT2D eigenvalue weighted by molar-refractivity contribution is 0.520. The van der Waals surface area contributed by atoms with Crippen molar-refractivity contribution in [1.82, 2.24) is 20.5 Å². The van der Waals surface area contributed by atoms with Crippen molar-refractivity contribution in [3.8, 4) is 0 Å². The van der Waals surface area contributed by atoms with Gasteiger partial charge < -0.3 is 5.32 Å². The molecule has 0 aliphatic carbocycles. The molecule has 2 N–H and O–H groups in total. The smallest absolute Gasteiger partial charge is 0.138 e. The molecular weight excluding hydrogens is 287 g/mol. The second-order valence-corrected chi connectivity index (χ2v) is 4.62. The average molecular weight is 299 g/mol. The van der Waals surface area contributed by atoms with Gasteiger partial charge in [0.25, 0.3) is 0 Å². The lowest BCUT2D eigenvalue weighted by Crippen LogP contribution is -2.19. The Balaban J connectivity index is 2.01. The Hall–Kier alpha value is -1.27. The van der Waals surface area contributed by atoms with Gasteiger partial charge >= 0.3 is 0 Å². The second-order valence-electron chi connectivity index (χ2n) is 3.70. The van der Waals surface area contributed by atoms with Crippen LogP contribution in [0.25, 0.3) is 0 Å². The molecule has 90 valence electrons. The molecule has 0 bridgehead atoms. The van der Waals surface area contributed by atoms with E-state index >= 15 is 0 Å². The van der Waals surface area contributed by atoms with Crippen LogP contribution >= 0.6 is 15.9 Å². The van der Waals surface area contributed by atoms with Gasteiger partial charge in [-0.05, 0) is 19.1 Å². The number of aromatic nitrogens is 3. The Morgan fingerprint density at radius 2 is 2.35 bits per heavy atom. The zero-order valence-electron chi connectivity index (χ0n) is 9.24. The zero-order chi connectivity index (χ0) is 12.3. The number of rotatable bonds is 4. The largest absolute Gasteiger partial charge is 0.303 e. The molecule has 0 saturated carbocycles. The van der Waals surface area contributed by atoms with E-state index in [-0.39, 0.29) is 11.9 Å². The van der Waals surface area contributed by atoms with Crippen molar-refractivity contribution in [1.29, 1.82) is 0 Å². The Bertz CT molecular complexity index is 486. The third-order valence-corrected chi connectivity index (χ3v) is 2.96. The summed E-state index contributed by atoms with van der Waals surface area (Å²) in [5.74, 6) is 0.506. The minimum atomic E-state index is -0.225. The van der Waals surface area contributed by atoms with Gasteiger partial charge in [0.05, 0.1) is 6.54 Å². The fourth-order valence-electron chi connectivity index (χ4n) is 1.53. The highest BCUT2D eigenvalue weighted by Crippen LogP contribution is 2.20. The van der Waals surface area contributed by atoms with Gasteiger partial charge in [-0.1, -0.05) is 22.0 Å². The van der Waals surface area contributed by atoms with Gasteiger partial charge in [-0.15, -0.1) is 0 Å². The lowest BCUT2D eigenvalue weighted by Gasteiger charge is -2.14. The van der Waals surface area contributed by atoms with E-state index in [0.717, 1.165) is 10.3 Å². The second kappa shape index (κ2) is 5.37. The summed E-state index contributed by atoms with van der Waals surface area (Å²) < 4.78 is 14.4. The van der Waals surface area contributed by atoms with Gasteiger partial charge in [0.2, 0.25) is 0 Å². The monoisotopic (exact) mass is 298 g/mol. The lowest BCUT2D eigenvalue weighted by atomic mass is 10.1. The van der Waals surface area contributed by atoms with Gasteiger partial charge in [-0.2, -0.15) is 5.10 Å². The molecule has 1 aromatic heterocycles. The first-order chi connectivity index (χ1) is 8.16. The van der Waals surface area contributed by atoms with Crippen molar-refractivity contribution in [2.24, 2.45) is 0 Å². The van der Waals surface area contributed by atoms with Crippen molar-refractivity contribution < 1.29 is 4.39 Å². The van der Waals surface area contributed by atoms with E-state index < -0.39 is 0 Å². The normalized spacial score (nSPS) is 12.6. The van der Waals surface area contributed by atoms with E-state index in [1.165, 1.54) is 12.4 Å². The fourth-order valence-corrected chi connectivity index (χ4v) is 1.86. The fraction of sp³-hybridized carbons (Fsp3) is 0.273. The highest BCUT2D eigenvalue weighted by atomic mass is 79.9. The molecule has 17 heavy (non-hydrogen) atoms. The van der Waals surface area contributed by atoms with Crippen molar-refractivity contribution >= 4 is 15.9 Å². The molecule has 1 atom stereocenters. The van der Waals surface area contributed by atoms with E-state index in [9.17, 15) is 4.39 Å². The Labute approximate surface area is 107 Å². The average Bonchev–Trinajstić information content (AvgIpc) is 2.78. The molecule has 1 unspecified atom stereocenters. The maximum Gasteiger partial charge on any atom is 0.138 e. The molecule has 1 heterocycles. The maximum atomic E-state index is 13.7. The summed E-state index contributed by atoms with van der Waals surface area (Å²) in [5.41, 5.74) is 0.632. The molecule has 6 heteroatoms. The van der Waals surface area contributed by atoms with Crippen LogP contribution in [0.3, 0.4) is 0 Å². The Morgan fingerprint density at radius 1 is 1.53 bits per heavy atom. The number of benzene rings is 1. The number of nitrogens with zero attached hydrogens (tertiary/aromatic N) is 2. The first-order valence-electron chi connectivity index (χ1n) is 5.19. The number of hydrogen-bond donors (Lipinski definition) is 2. The molecule has 0 saturated heterocycles. The summed E-state index contributed by atoms with van der Waals surface area (Å²) >= 11 is 3.23. The molecule has 0 fully saturated rings. The SMILES string of the molecule is CC(NCc1ncn[nH]1)c1ccc(Br)cc1F. The predicted octanol–water partition coefficient (Wildman–Crippen LogP) is 2.56. The highest BCUT2D eigenvalue weighted by molar-refractivity contribution is 9.10. The summed E-state index contributed by atoms with van der Waals surface area (Å²) in [4.78, 5) is 3.99. The van der Waals surface area contributed by atoms with Crippen LogP contribution in [0.4, 0.5) is 4.39 Å². The maximum absolute atomic E-state index is 13.7. The molecule has 4 nitrogen and oxygen atoms in total. The van der Waals surface area contributed by atoms with Crippen LogP contribution in [0.2, 0.25) is 0 Å². The van der Waals surface area contributed by atoms with E-state index in [1.54, 1.807) is 6.07 Å². The molecule has 0 aliphatic heterocycles. The van der Waals surface area contributed by atoms with Crippen LogP contribution in [0, 0.1) is 5.82 Å². The Morgan fingerprint density at radius 3 is 3.00 bits per heavy atom. The van der Waals surface area contributed by atoms with Crippen LogP contribution in [0.15, 0.2) is 29.0 Å². The number of nitrogens with one attached hydrogen (secondary N) is 2. The first-order valence-corrected chi connectivity index (χ1v) is 5.98. The van der Waals surface area contributed by atoms with Crippen LogP contribution in [0.1, 0.15) is 24.4 Å². The summed E-state index contributed by atoms with van der Waals surface area (Å²) in [7, 11) is 0. The van der Waals surface area contributed by atoms with Gasteiger partial charge in [-0.3, -0.25) is 5.10 Å². The molecule has 1 aromatic carbocycles. The molecule has 0 aliphatic rings. The third kappa shape index (κ3) is 3.10.